The predicted molar refractivity (Wildman–Crippen MR) is 114 cm³/mol. The average Bonchev–Trinajstić information content (AvgIpc) is 3.39. The van der Waals surface area contributed by atoms with Gasteiger partial charge in [-0.1, -0.05) is 44.7 Å². The zero-order chi connectivity index (χ0) is 18.8. The number of hydrogen-bond acceptors (Lipinski definition) is 2. The van der Waals surface area contributed by atoms with E-state index < -0.39 is 8.32 Å². The molecule has 1 aromatic carbocycles. The molecule has 0 atom stereocenters. The standard InChI is InChI=1S/C23H35NOSi/c1-23(2,3)26(4,5)25-21-16-14-20(15-17-21)24-22-9-7-6-8-19(22)13-12-18-10-11-18/h6-9,18,20-21,24H,10-11,14-17H2,1-5H3. The molecule has 26 heavy (non-hydrogen) atoms. The van der Waals surface area contributed by atoms with Gasteiger partial charge in [0, 0.05) is 23.6 Å². The van der Waals surface area contributed by atoms with E-state index in [4.69, 9.17) is 4.43 Å². The highest BCUT2D eigenvalue weighted by atomic mass is 28.4. The normalized spacial score (nSPS) is 23.9. The van der Waals surface area contributed by atoms with Crippen molar-refractivity contribution in [3.8, 4) is 11.8 Å². The second-order valence-corrected chi connectivity index (χ2v) is 14.3. The number of benzene rings is 1. The molecule has 1 N–H and O–H groups in total. The van der Waals surface area contributed by atoms with Crippen molar-refractivity contribution in [3.63, 3.8) is 0 Å². The summed E-state index contributed by atoms with van der Waals surface area (Å²) in [6, 6.07) is 9.06. The minimum absolute atomic E-state index is 0.293. The summed E-state index contributed by atoms with van der Waals surface area (Å²) in [6.45, 7) is 11.7. The molecule has 3 heteroatoms. The molecule has 142 valence electrons. The third-order valence-corrected chi connectivity index (χ3v) is 10.8. The SMILES string of the molecule is CC(C)(C)[Si](C)(C)OC1CCC(Nc2ccccc2C#CC2CC2)CC1. The van der Waals surface area contributed by atoms with Gasteiger partial charge in [0.05, 0.1) is 5.69 Å². The van der Waals surface area contributed by atoms with E-state index in [1.807, 2.05) is 0 Å². The van der Waals surface area contributed by atoms with Crippen LogP contribution in [0.1, 0.15) is 64.9 Å². The summed E-state index contributed by atoms with van der Waals surface area (Å²) in [7, 11) is -1.65. The Kier molecular flexibility index (Phi) is 5.84. The Bertz CT molecular complexity index is 667. The van der Waals surface area contributed by atoms with Crippen LogP contribution in [0, 0.1) is 17.8 Å². The summed E-state index contributed by atoms with van der Waals surface area (Å²) >= 11 is 0. The summed E-state index contributed by atoms with van der Waals surface area (Å²) in [5.41, 5.74) is 2.36. The van der Waals surface area contributed by atoms with Gasteiger partial charge in [-0.05, 0) is 68.8 Å². The van der Waals surface area contributed by atoms with Crippen LogP contribution in [0.4, 0.5) is 5.69 Å². The van der Waals surface area contributed by atoms with Crippen LogP contribution in [0.5, 0.6) is 0 Å². The fraction of sp³-hybridized carbons (Fsp3) is 0.652. The van der Waals surface area contributed by atoms with Gasteiger partial charge < -0.3 is 9.74 Å². The molecule has 0 spiro atoms. The summed E-state index contributed by atoms with van der Waals surface area (Å²) in [6.07, 6.45) is 7.70. The van der Waals surface area contributed by atoms with Crippen molar-refractivity contribution in [2.24, 2.45) is 5.92 Å². The lowest BCUT2D eigenvalue weighted by atomic mass is 9.93. The van der Waals surface area contributed by atoms with E-state index in [0.717, 1.165) is 5.56 Å². The quantitative estimate of drug-likeness (QED) is 0.504. The topological polar surface area (TPSA) is 21.3 Å². The molecule has 0 unspecified atom stereocenters. The Balaban J connectivity index is 1.54. The summed E-state index contributed by atoms with van der Waals surface area (Å²) < 4.78 is 6.63. The fourth-order valence-electron chi connectivity index (χ4n) is 3.26. The van der Waals surface area contributed by atoms with E-state index in [9.17, 15) is 0 Å². The largest absolute Gasteiger partial charge is 0.414 e. The van der Waals surface area contributed by atoms with Crippen molar-refractivity contribution in [2.45, 2.75) is 89.6 Å². The van der Waals surface area contributed by atoms with Gasteiger partial charge in [-0.3, -0.25) is 0 Å². The molecule has 0 heterocycles. The van der Waals surface area contributed by atoms with Crippen molar-refractivity contribution in [2.75, 3.05) is 5.32 Å². The molecule has 2 fully saturated rings. The van der Waals surface area contributed by atoms with E-state index in [0.29, 0.717) is 23.1 Å². The second kappa shape index (κ2) is 7.78. The van der Waals surface area contributed by atoms with Gasteiger partial charge in [0.25, 0.3) is 0 Å². The number of anilines is 1. The van der Waals surface area contributed by atoms with Gasteiger partial charge in [-0.2, -0.15) is 0 Å². The molecule has 0 amide bonds. The van der Waals surface area contributed by atoms with Crippen LogP contribution in [0.2, 0.25) is 18.1 Å². The van der Waals surface area contributed by atoms with Gasteiger partial charge in [0.15, 0.2) is 8.32 Å². The van der Waals surface area contributed by atoms with Crippen LogP contribution < -0.4 is 5.32 Å². The maximum Gasteiger partial charge on any atom is 0.192 e. The van der Waals surface area contributed by atoms with Crippen molar-refractivity contribution in [1.82, 2.24) is 0 Å². The number of rotatable bonds is 4. The minimum Gasteiger partial charge on any atom is -0.414 e. The van der Waals surface area contributed by atoms with Gasteiger partial charge in [-0.25, -0.2) is 0 Å². The van der Waals surface area contributed by atoms with Crippen LogP contribution >= 0.6 is 0 Å². The first-order valence-electron chi connectivity index (χ1n) is 10.3. The van der Waals surface area contributed by atoms with E-state index in [2.05, 4.69) is 75.3 Å². The van der Waals surface area contributed by atoms with Crippen molar-refractivity contribution in [3.05, 3.63) is 29.8 Å². The highest BCUT2D eigenvalue weighted by molar-refractivity contribution is 6.74. The van der Waals surface area contributed by atoms with Crippen molar-refractivity contribution < 1.29 is 4.43 Å². The second-order valence-electron chi connectivity index (χ2n) is 9.59. The molecular formula is C23H35NOSi. The first kappa shape index (κ1) is 19.5. The first-order valence-corrected chi connectivity index (χ1v) is 13.2. The summed E-state index contributed by atoms with van der Waals surface area (Å²) in [5.74, 6) is 7.43. The number of para-hydroxylation sites is 1. The zero-order valence-corrected chi connectivity index (χ0v) is 18.2. The van der Waals surface area contributed by atoms with Crippen molar-refractivity contribution in [1.29, 1.82) is 0 Å². The Morgan fingerprint density at radius 2 is 1.65 bits per heavy atom. The van der Waals surface area contributed by atoms with E-state index in [1.54, 1.807) is 0 Å². The van der Waals surface area contributed by atoms with Gasteiger partial charge in [-0.15, -0.1) is 0 Å². The smallest absolute Gasteiger partial charge is 0.192 e. The van der Waals surface area contributed by atoms with E-state index in [-0.39, 0.29) is 0 Å². The molecule has 2 aliphatic rings. The summed E-state index contributed by atoms with van der Waals surface area (Å²) in [5, 5.41) is 4.05. The molecule has 0 aliphatic heterocycles. The lowest BCUT2D eigenvalue weighted by Crippen LogP contribution is -2.45. The van der Waals surface area contributed by atoms with Crippen LogP contribution in [0.15, 0.2) is 24.3 Å². The van der Waals surface area contributed by atoms with Crippen LogP contribution in [0.3, 0.4) is 0 Å². The molecule has 3 rings (SSSR count). The van der Waals surface area contributed by atoms with Gasteiger partial charge in [0.2, 0.25) is 0 Å². The Hall–Kier alpha value is -1.24. The lowest BCUT2D eigenvalue weighted by Gasteiger charge is -2.41. The molecule has 2 saturated carbocycles. The third-order valence-electron chi connectivity index (χ3n) is 6.22. The fourth-order valence-corrected chi connectivity index (χ4v) is 4.69. The van der Waals surface area contributed by atoms with Crippen molar-refractivity contribution >= 4 is 14.0 Å². The number of hydrogen-bond donors (Lipinski definition) is 1. The summed E-state index contributed by atoms with van der Waals surface area (Å²) in [4.78, 5) is 0. The molecule has 0 saturated heterocycles. The first-order chi connectivity index (χ1) is 12.2. The van der Waals surface area contributed by atoms with Gasteiger partial charge in [0.1, 0.15) is 0 Å². The van der Waals surface area contributed by atoms with E-state index in [1.165, 1.54) is 44.2 Å². The zero-order valence-electron chi connectivity index (χ0n) is 17.2. The highest BCUT2D eigenvalue weighted by Crippen LogP contribution is 2.39. The molecule has 0 bridgehead atoms. The highest BCUT2D eigenvalue weighted by Gasteiger charge is 2.39. The molecular weight excluding hydrogens is 334 g/mol. The monoisotopic (exact) mass is 369 g/mol. The predicted octanol–water partition coefficient (Wildman–Crippen LogP) is 6.19. The maximum atomic E-state index is 6.63. The van der Waals surface area contributed by atoms with E-state index >= 15 is 0 Å². The minimum atomic E-state index is -1.65. The average molecular weight is 370 g/mol. The van der Waals surface area contributed by atoms with Crippen LogP contribution in [-0.4, -0.2) is 20.5 Å². The van der Waals surface area contributed by atoms with Gasteiger partial charge >= 0.3 is 0 Å². The lowest BCUT2D eigenvalue weighted by molar-refractivity contribution is 0.133. The van der Waals surface area contributed by atoms with Crippen LogP contribution in [-0.2, 0) is 4.43 Å². The molecule has 2 nitrogen and oxygen atoms in total. The Morgan fingerprint density at radius 3 is 2.27 bits per heavy atom. The maximum absolute atomic E-state index is 6.63. The molecule has 1 aromatic rings. The Labute approximate surface area is 161 Å². The molecule has 0 radical (unpaired) electrons. The molecule has 2 aliphatic carbocycles. The molecule has 0 aromatic heterocycles. The Morgan fingerprint density at radius 1 is 1.00 bits per heavy atom. The third kappa shape index (κ3) is 5.15. The number of nitrogens with one attached hydrogen (secondary N) is 1. The van der Waals surface area contributed by atoms with Crippen LogP contribution in [0.25, 0.3) is 0 Å².